The number of pyridine rings is 1. The summed E-state index contributed by atoms with van der Waals surface area (Å²) >= 11 is 1.35. The van der Waals surface area contributed by atoms with Crippen molar-refractivity contribution in [2.75, 3.05) is 0 Å². The third-order valence-corrected chi connectivity index (χ3v) is 4.09. The summed E-state index contributed by atoms with van der Waals surface area (Å²) in [6.07, 6.45) is -1.27. The zero-order valence-electron chi connectivity index (χ0n) is 8.94. The van der Waals surface area contributed by atoms with E-state index in [2.05, 4.69) is 4.98 Å². The first-order chi connectivity index (χ1) is 7.97. The number of alkyl halides is 3. The molecular weight excluding hydrogens is 251 g/mol. The lowest BCUT2D eigenvalue weighted by Crippen LogP contribution is -2.15. The van der Waals surface area contributed by atoms with Crippen molar-refractivity contribution in [1.82, 2.24) is 4.98 Å². The summed E-state index contributed by atoms with van der Waals surface area (Å²) in [4.78, 5) is 3.77. The summed E-state index contributed by atoms with van der Waals surface area (Å²) < 4.78 is 36.9. The number of halogens is 3. The number of nitrogens with zero attached hydrogens (tertiary/aromatic N) is 1. The second-order valence-corrected chi connectivity index (χ2v) is 5.30. The third-order valence-electron chi connectivity index (χ3n) is 2.75. The van der Waals surface area contributed by atoms with E-state index in [4.69, 9.17) is 0 Å². The number of aromatic nitrogens is 1. The zero-order chi connectivity index (χ0) is 12.5. The average Bonchev–Trinajstić information content (AvgIpc) is 2.64. The smallest absolute Gasteiger partial charge is 0.392 e. The molecule has 0 amide bonds. The average molecular weight is 263 g/mol. The van der Waals surface area contributed by atoms with Gasteiger partial charge in [-0.2, -0.15) is 13.2 Å². The Labute approximate surface area is 101 Å². The van der Waals surface area contributed by atoms with Gasteiger partial charge in [-0.3, -0.25) is 0 Å². The van der Waals surface area contributed by atoms with Crippen LogP contribution in [0.1, 0.15) is 24.8 Å². The van der Waals surface area contributed by atoms with Gasteiger partial charge in [-0.05, 0) is 31.4 Å². The Kier molecular flexibility index (Phi) is 3.63. The Morgan fingerprint density at radius 3 is 2.53 bits per heavy atom. The highest BCUT2D eigenvalue weighted by molar-refractivity contribution is 7.99. The van der Waals surface area contributed by atoms with Crippen molar-refractivity contribution in [1.29, 1.82) is 0 Å². The first-order valence-electron chi connectivity index (χ1n) is 5.35. The molecule has 1 saturated carbocycles. The number of rotatable bonds is 2. The largest absolute Gasteiger partial charge is 0.417 e. The van der Waals surface area contributed by atoms with Gasteiger partial charge in [0.25, 0.3) is 0 Å². The molecule has 2 atom stereocenters. The van der Waals surface area contributed by atoms with Gasteiger partial charge >= 0.3 is 6.18 Å². The van der Waals surface area contributed by atoms with Crippen LogP contribution < -0.4 is 0 Å². The minimum atomic E-state index is -4.34. The maximum atomic E-state index is 12.3. The van der Waals surface area contributed by atoms with E-state index in [-0.39, 0.29) is 11.4 Å². The highest BCUT2D eigenvalue weighted by atomic mass is 32.2. The van der Waals surface area contributed by atoms with Gasteiger partial charge in [0.2, 0.25) is 0 Å². The van der Waals surface area contributed by atoms with Crippen LogP contribution in [0.15, 0.2) is 23.4 Å². The molecule has 94 valence electrons. The normalized spacial score (nSPS) is 25.2. The van der Waals surface area contributed by atoms with Gasteiger partial charge in [0.15, 0.2) is 0 Å². The van der Waals surface area contributed by atoms with E-state index in [1.807, 2.05) is 0 Å². The van der Waals surface area contributed by atoms with Crippen LogP contribution in [0.4, 0.5) is 13.2 Å². The molecule has 0 aliphatic heterocycles. The van der Waals surface area contributed by atoms with Crippen molar-refractivity contribution in [3.8, 4) is 0 Å². The molecule has 2 rings (SSSR count). The quantitative estimate of drug-likeness (QED) is 0.890. The van der Waals surface area contributed by atoms with Crippen molar-refractivity contribution < 1.29 is 18.3 Å². The van der Waals surface area contributed by atoms with Gasteiger partial charge in [0.1, 0.15) is 0 Å². The molecule has 0 bridgehead atoms. The lowest BCUT2D eigenvalue weighted by atomic mass is 10.3. The van der Waals surface area contributed by atoms with E-state index in [9.17, 15) is 18.3 Å². The number of hydrogen-bond donors (Lipinski definition) is 1. The van der Waals surface area contributed by atoms with Crippen LogP contribution in [0.25, 0.3) is 0 Å². The fourth-order valence-corrected chi connectivity index (χ4v) is 2.96. The van der Waals surface area contributed by atoms with Crippen LogP contribution in [0, 0.1) is 0 Å². The Morgan fingerprint density at radius 1 is 1.29 bits per heavy atom. The minimum Gasteiger partial charge on any atom is -0.392 e. The first-order valence-corrected chi connectivity index (χ1v) is 6.23. The molecule has 0 spiro atoms. The molecular formula is C11H12F3NOS. The topological polar surface area (TPSA) is 33.1 Å². The second-order valence-electron chi connectivity index (χ2n) is 4.04. The van der Waals surface area contributed by atoms with Crippen molar-refractivity contribution in [2.45, 2.75) is 41.8 Å². The fourth-order valence-electron chi connectivity index (χ4n) is 1.82. The van der Waals surface area contributed by atoms with E-state index in [1.165, 1.54) is 17.8 Å². The fraction of sp³-hybridized carbons (Fsp3) is 0.545. The highest BCUT2D eigenvalue weighted by Crippen LogP contribution is 2.35. The maximum absolute atomic E-state index is 12.3. The molecule has 1 aliphatic rings. The molecule has 1 fully saturated rings. The Bertz CT molecular complexity index is 379. The van der Waals surface area contributed by atoms with Crippen LogP contribution in [0.2, 0.25) is 0 Å². The molecule has 1 heterocycles. The monoisotopic (exact) mass is 263 g/mol. The predicted octanol–water partition coefficient (Wildman–Crippen LogP) is 3.11. The molecule has 0 radical (unpaired) electrons. The molecule has 1 aromatic rings. The summed E-state index contributed by atoms with van der Waals surface area (Å²) in [5, 5.41) is 10.2. The zero-order valence-corrected chi connectivity index (χ0v) is 9.76. The molecule has 0 aromatic carbocycles. The van der Waals surface area contributed by atoms with Gasteiger partial charge in [0, 0.05) is 11.4 Å². The van der Waals surface area contributed by atoms with Crippen LogP contribution in [0.3, 0.4) is 0 Å². The molecule has 2 nitrogen and oxygen atoms in total. The van der Waals surface area contributed by atoms with Crippen molar-refractivity contribution in [3.05, 3.63) is 23.9 Å². The van der Waals surface area contributed by atoms with Crippen LogP contribution in [0.5, 0.6) is 0 Å². The van der Waals surface area contributed by atoms with E-state index >= 15 is 0 Å². The molecule has 0 saturated heterocycles. The van der Waals surface area contributed by atoms with E-state index < -0.39 is 11.7 Å². The van der Waals surface area contributed by atoms with Gasteiger partial charge in [-0.15, -0.1) is 11.8 Å². The SMILES string of the molecule is OC1CCCC1Sc1ccc(C(F)(F)F)cn1. The van der Waals surface area contributed by atoms with Gasteiger partial charge < -0.3 is 5.11 Å². The Morgan fingerprint density at radius 2 is 2.06 bits per heavy atom. The van der Waals surface area contributed by atoms with Crippen LogP contribution in [-0.2, 0) is 6.18 Å². The number of thioether (sulfide) groups is 1. The summed E-state index contributed by atoms with van der Waals surface area (Å²) in [6.45, 7) is 0. The lowest BCUT2D eigenvalue weighted by Gasteiger charge is -2.13. The maximum Gasteiger partial charge on any atom is 0.417 e. The summed E-state index contributed by atoms with van der Waals surface area (Å²) in [5.41, 5.74) is -0.742. The first kappa shape index (κ1) is 12.7. The Balaban J connectivity index is 2.03. The van der Waals surface area contributed by atoms with Crippen LogP contribution in [-0.4, -0.2) is 21.4 Å². The summed E-state index contributed by atoms with van der Waals surface area (Å²) in [5.74, 6) is 0. The molecule has 1 aromatic heterocycles. The van der Waals surface area contributed by atoms with Crippen LogP contribution >= 0.6 is 11.8 Å². The lowest BCUT2D eigenvalue weighted by molar-refractivity contribution is -0.137. The summed E-state index contributed by atoms with van der Waals surface area (Å²) in [6, 6.07) is 2.38. The molecule has 1 aliphatic carbocycles. The number of aliphatic hydroxyl groups is 1. The van der Waals surface area contributed by atoms with Gasteiger partial charge in [0.05, 0.1) is 16.7 Å². The standard InChI is InChI=1S/C11H12F3NOS/c12-11(13,14)7-4-5-10(15-6-7)17-9-3-1-2-8(9)16/h4-6,8-9,16H,1-3H2. The number of hydrogen-bond acceptors (Lipinski definition) is 3. The van der Waals surface area contributed by atoms with Gasteiger partial charge in [-0.25, -0.2) is 4.98 Å². The van der Waals surface area contributed by atoms with E-state index in [0.717, 1.165) is 31.5 Å². The highest BCUT2D eigenvalue weighted by Gasteiger charge is 2.31. The Hall–Kier alpha value is -0.750. The molecule has 17 heavy (non-hydrogen) atoms. The molecule has 1 N–H and O–H groups in total. The second kappa shape index (κ2) is 4.86. The van der Waals surface area contributed by atoms with Crippen molar-refractivity contribution in [3.63, 3.8) is 0 Å². The van der Waals surface area contributed by atoms with Gasteiger partial charge in [-0.1, -0.05) is 0 Å². The minimum absolute atomic E-state index is 0.0548. The van der Waals surface area contributed by atoms with Crippen molar-refractivity contribution in [2.24, 2.45) is 0 Å². The molecule has 2 unspecified atom stereocenters. The van der Waals surface area contributed by atoms with Crippen molar-refractivity contribution >= 4 is 11.8 Å². The summed E-state index contributed by atoms with van der Waals surface area (Å²) in [7, 11) is 0. The number of aliphatic hydroxyl groups excluding tert-OH is 1. The predicted molar refractivity (Wildman–Crippen MR) is 58.7 cm³/mol. The van der Waals surface area contributed by atoms with E-state index in [1.54, 1.807) is 0 Å². The molecule has 6 heteroatoms. The van der Waals surface area contributed by atoms with E-state index in [0.29, 0.717) is 5.03 Å². The third kappa shape index (κ3) is 3.13.